The summed E-state index contributed by atoms with van der Waals surface area (Å²) in [6, 6.07) is 18.0. The van der Waals surface area contributed by atoms with E-state index in [1.165, 1.54) is 0 Å². The van der Waals surface area contributed by atoms with E-state index in [-0.39, 0.29) is 11.8 Å². The van der Waals surface area contributed by atoms with Gasteiger partial charge in [0.1, 0.15) is 17.7 Å². The Morgan fingerprint density at radius 3 is 2.33 bits per heavy atom. The third kappa shape index (κ3) is 5.13. The first kappa shape index (κ1) is 22.7. The van der Waals surface area contributed by atoms with Crippen LogP contribution in [0.3, 0.4) is 0 Å². The quantitative estimate of drug-likeness (QED) is 0.560. The molecule has 7 heteroatoms. The van der Waals surface area contributed by atoms with Gasteiger partial charge in [0, 0.05) is 32.5 Å². The number of nitrogens with zero attached hydrogens (tertiary/aromatic N) is 5. The smallest absolute Gasteiger partial charge is 0.245 e. The molecular weight excluding hydrogens is 414 g/mol. The number of benzene rings is 2. The van der Waals surface area contributed by atoms with Crippen LogP contribution in [0.4, 0.5) is 0 Å². The maximum absolute atomic E-state index is 13.2. The highest BCUT2D eigenvalue weighted by molar-refractivity contribution is 5.89. The van der Waals surface area contributed by atoms with E-state index in [1.807, 2.05) is 43.9 Å². The van der Waals surface area contributed by atoms with Crippen molar-refractivity contribution in [3.63, 3.8) is 0 Å². The normalized spacial score (nSPS) is 16.3. The second-order valence-corrected chi connectivity index (χ2v) is 8.47. The Morgan fingerprint density at radius 2 is 1.70 bits per heavy atom. The summed E-state index contributed by atoms with van der Waals surface area (Å²) in [7, 11) is 0. The lowest BCUT2D eigenvalue weighted by atomic mass is 9.98. The van der Waals surface area contributed by atoms with Crippen LogP contribution in [0.1, 0.15) is 30.6 Å². The predicted octanol–water partition coefficient (Wildman–Crippen LogP) is 3.25. The van der Waals surface area contributed by atoms with E-state index in [0.717, 1.165) is 22.5 Å². The zero-order valence-electron chi connectivity index (χ0n) is 19.6. The van der Waals surface area contributed by atoms with Crippen molar-refractivity contribution in [1.29, 1.82) is 0 Å². The Balaban J connectivity index is 1.49. The largest absolute Gasteiger partial charge is 0.339 e. The van der Waals surface area contributed by atoms with E-state index in [9.17, 15) is 9.59 Å². The van der Waals surface area contributed by atoms with Gasteiger partial charge in [0.25, 0.3) is 0 Å². The first-order valence-corrected chi connectivity index (χ1v) is 11.6. The van der Waals surface area contributed by atoms with Crippen LogP contribution in [-0.4, -0.2) is 62.1 Å². The molecular formula is C26H31N5O2. The minimum absolute atomic E-state index is 0.0161. The Morgan fingerprint density at radius 1 is 1.00 bits per heavy atom. The van der Waals surface area contributed by atoms with Gasteiger partial charge in [0.05, 0.1) is 6.54 Å². The van der Waals surface area contributed by atoms with E-state index in [0.29, 0.717) is 44.8 Å². The maximum Gasteiger partial charge on any atom is 0.245 e. The number of carbonyl (C=O) groups is 2. The molecule has 2 aromatic carbocycles. The average molecular weight is 446 g/mol. The number of carbonyl (C=O) groups excluding carboxylic acids is 2. The summed E-state index contributed by atoms with van der Waals surface area (Å²) < 4.78 is 1.76. The van der Waals surface area contributed by atoms with Gasteiger partial charge in [-0.15, -0.1) is 0 Å². The maximum atomic E-state index is 13.2. The molecule has 0 aliphatic carbocycles. The molecule has 0 saturated carbocycles. The number of aromatic nitrogens is 3. The molecule has 2 heterocycles. The zero-order chi connectivity index (χ0) is 23.4. The fourth-order valence-corrected chi connectivity index (χ4v) is 4.45. The van der Waals surface area contributed by atoms with Crippen LogP contribution in [0.2, 0.25) is 0 Å². The van der Waals surface area contributed by atoms with Gasteiger partial charge >= 0.3 is 0 Å². The molecule has 1 aliphatic rings. The van der Waals surface area contributed by atoms with E-state index in [4.69, 9.17) is 0 Å². The Kier molecular flexibility index (Phi) is 6.87. The van der Waals surface area contributed by atoms with Crippen LogP contribution in [0.5, 0.6) is 0 Å². The standard InChI is InChI=1S/C26H31N5O2/c1-4-29-16-17-30(25(32)14-15-31-20(3)27-19(2)28-31)24(26(29)33)18-21-10-12-23(13-11-21)22-8-6-5-7-9-22/h5-13,24H,4,14-18H2,1-3H3/t24-/m1/s1. The summed E-state index contributed by atoms with van der Waals surface area (Å²) in [5, 5.41) is 4.35. The summed E-state index contributed by atoms with van der Waals surface area (Å²) in [6.07, 6.45) is 0.810. The van der Waals surface area contributed by atoms with Gasteiger partial charge in [-0.25, -0.2) is 9.67 Å². The second-order valence-electron chi connectivity index (χ2n) is 8.47. The monoisotopic (exact) mass is 445 g/mol. The highest BCUT2D eigenvalue weighted by atomic mass is 16.2. The number of rotatable bonds is 7. The number of piperazine rings is 1. The first-order chi connectivity index (χ1) is 16.0. The van der Waals surface area contributed by atoms with Crippen molar-refractivity contribution in [2.45, 2.75) is 46.2 Å². The highest BCUT2D eigenvalue weighted by Gasteiger charge is 2.36. The molecule has 172 valence electrons. The third-order valence-electron chi connectivity index (χ3n) is 6.28. The molecule has 2 amide bonds. The molecule has 0 N–H and O–H groups in total. The summed E-state index contributed by atoms with van der Waals surface area (Å²) in [4.78, 5) is 34.3. The van der Waals surface area contributed by atoms with Crippen LogP contribution in [0.15, 0.2) is 54.6 Å². The van der Waals surface area contributed by atoms with Crippen molar-refractivity contribution in [1.82, 2.24) is 24.6 Å². The van der Waals surface area contributed by atoms with Gasteiger partial charge in [-0.3, -0.25) is 9.59 Å². The highest BCUT2D eigenvalue weighted by Crippen LogP contribution is 2.22. The summed E-state index contributed by atoms with van der Waals surface area (Å²) in [5.74, 6) is 1.50. The molecule has 0 bridgehead atoms. The molecule has 1 saturated heterocycles. The van der Waals surface area contributed by atoms with Crippen molar-refractivity contribution in [3.05, 3.63) is 71.8 Å². The number of likely N-dealkylation sites (N-methyl/N-ethyl adjacent to an activating group) is 1. The third-order valence-corrected chi connectivity index (χ3v) is 6.28. The minimum atomic E-state index is -0.479. The van der Waals surface area contributed by atoms with Gasteiger partial charge in [-0.2, -0.15) is 5.10 Å². The Labute approximate surface area is 195 Å². The first-order valence-electron chi connectivity index (χ1n) is 11.6. The lowest BCUT2D eigenvalue weighted by Gasteiger charge is -2.40. The number of amides is 2. The molecule has 4 rings (SSSR count). The molecule has 1 aromatic heterocycles. The molecule has 1 aliphatic heterocycles. The van der Waals surface area contributed by atoms with E-state index in [2.05, 4.69) is 46.5 Å². The average Bonchev–Trinajstić information content (AvgIpc) is 3.16. The van der Waals surface area contributed by atoms with Crippen molar-refractivity contribution in [2.24, 2.45) is 0 Å². The molecule has 0 spiro atoms. The van der Waals surface area contributed by atoms with Gasteiger partial charge in [0.2, 0.25) is 11.8 Å². The van der Waals surface area contributed by atoms with Crippen molar-refractivity contribution < 1.29 is 9.59 Å². The fourth-order valence-electron chi connectivity index (χ4n) is 4.45. The SMILES string of the molecule is CCN1CCN(C(=O)CCn2nc(C)nc2C)[C@H](Cc2ccc(-c3ccccc3)cc2)C1=O. The topological polar surface area (TPSA) is 71.3 Å². The zero-order valence-corrected chi connectivity index (χ0v) is 19.6. The van der Waals surface area contributed by atoms with Crippen molar-refractivity contribution >= 4 is 11.8 Å². The number of hydrogen-bond donors (Lipinski definition) is 0. The van der Waals surface area contributed by atoms with Crippen molar-refractivity contribution in [2.75, 3.05) is 19.6 Å². The number of aryl methyl sites for hydroxylation is 3. The van der Waals surface area contributed by atoms with Crippen LogP contribution in [0.25, 0.3) is 11.1 Å². The molecule has 0 radical (unpaired) electrons. The summed E-state index contributed by atoms with van der Waals surface area (Å²) >= 11 is 0. The van der Waals surface area contributed by atoms with Crippen LogP contribution >= 0.6 is 0 Å². The summed E-state index contributed by atoms with van der Waals surface area (Å²) in [6.45, 7) is 7.96. The molecule has 33 heavy (non-hydrogen) atoms. The Bertz CT molecular complexity index is 1110. The van der Waals surface area contributed by atoms with Gasteiger partial charge in [-0.1, -0.05) is 54.6 Å². The molecule has 3 aromatic rings. The molecule has 7 nitrogen and oxygen atoms in total. The lowest BCUT2D eigenvalue weighted by molar-refractivity contribution is -0.151. The summed E-state index contributed by atoms with van der Waals surface area (Å²) in [5.41, 5.74) is 3.34. The molecule has 0 unspecified atom stereocenters. The van der Waals surface area contributed by atoms with Gasteiger partial charge in [-0.05, 0) is 37.5 Å². The van der Waals surface area contributed by atoms with Crippen LogP contribution < -0.4 is 0 Å². The second kappa shape index (κ2) is 9.98. The number of hydrogen-bond acceptors (Lipinski definition) is 4. The Hall–Kier alpha value is -3.48. The lowest BCUT2D eigenvalue weighted by Crippen LogP contribution is -2.59. The predicted molar refractivity (Wildman–Crippen MR) is 127 cm³/mol. The van der Waals surface area contributed by atoms with E-state index in [1.54, 1.807) is 9.58 Å². The molecule has 1 atom stereocenters. The molecule has 1 fully saturated rings. The minimum Gasteiger partial charge on any atom is -0.339 e. The van der Waals surface area contributed by atoms with Crippen LogP contribution in [0, 0.1) is 13.8 Å². The van der Waals surface area contributed by atoms with Gasteiger partial charge < -0.3 is 9.80 Å². The van der Waals surface area contributed by atoms with Crippen LogP contribution in [-0.2, 0) is 22.6 Å². The van der Waals surface area contributed by atoms with Crippen molar-refractivity contribution in [3.8, 4) is 11.1 Å². The van der Waals surface area contributed by atoms with E-state index >= 15 is 0 Å². The van der Waals surface area contributed by atoms with E-state index < -0.39 is 6.04 Å². The fraction of sp³-hybridized carbons (Fsp3) is 0.385. The van der Waals surface area contributed by atoms with Gasteiger partial charge in [0.15, 0.2) is 0 Å².